The third-order valence-electron chi connectivity index (χ3n) is 9.90. The number of nitrogens with one attached hydrogen (secondary N) is 2. The molecule has 2 amide bonds. The molecule has 0 saturated carbocycles. The van der Waals surface area contributed by atoms with Crippen molar-refractivity contribution in [1.29, 1.82) is 0 Å². The number of non-ortho nitro benzene ring substituents is 1. The van der Waals surface area contributed by atoms with Crippen molar-refractivity contribution in [3.63, 3.8) is 0 Å². The molecule has 0 spiro atoms. The summed E-state index contributed by atoms with van der Waals surface area (Å²) in [6.45, 7) is 5.10. The lowest BCUT2D eigenvalue weighted by Gasteiger charge is -2.31. The molecule has 260 valence electrons. The van der Waals surface area contributed by atoms with Crippen LogP contribution in [0.1, 0.15) is 43.6 Å². The number of anilines is 1. The number of nitro benzene ring substituents is 1. The highest BCUT2D eigenvalue weighted by Gasteiger charge is 2.37. The Balaban J connectivity index is 1.07. The number of carbonyl (C=O) groups is 3. The number of rotatable bonds is 7. The maximum atomic E-state index is 14.2. The second-order valence-corrected chi connectivity index (χ2v) is 14.5. The molecule has 51 heavy (non-hydrogen) atoms. The minimum Gasteiger partial charge on any atom is -0.409 e. The number of hydrogen-bond donors (Lipinski definition) is 2. The van der Waals surface area contributed by atoms with Crippen molar-refractivity contribution < 1.29 is 24.0 Å². The Bertz CT molecular complexity index is 2410. The summed E-state index contributed by atoms with van der Waals surface area (Å²) in [6, 6.07) is 15.2. The summed E-state index contributed by atoms with van der Waals surface area (Å²) < 4.78 is 6.90. The lowest BCUT2D eigenvalue weighted by molar-refractivity contribution is -0.384. The molecular formula is C37H33ClN6O6S. The zero-order chi connectivity index (χ0) is 35.6. The molecule has 2 aliphatic rings. The molecule has 3 aromatic heterocycles. The molecule has 6 aromatic rings. The molecule has 5 heterocycles. The molecule has 0 aliphatic carbocycles. The van der Waals surface area contributed by atoms with E-state index in [1.807, 2.05) is 37.6 Å². The van der Waals surface area contributed by atoms with Crippen LogP contribution in [-0.4, -0.2) is 88.1 Å². The first-order valence-electron chi connectivity index (χ1n) is 16.6. The van der Waals surface area contributed by atoms with Gasteiger partial charge >= 0.3 is 6.09 Å². The molecule has 1 saturated heterocycles. The summed E-state index contributed by atoms with van der Waals surface area (Å²) in [6.07, 6.45) is -0.305. The van der Waals surface area contributed by atoms with Gasteiger partial charge < -0.3 is 29.4 Å². The van der Waals surface area contributed by atoms with E-state index in [-0.39, 0.29) is 29.7 Å². The summed E-state index contributed by atoms with van der Waals surface area (Å²) in [7, 11) is 2.03. The van der Waals surface area contributed by atoms with Gasteiger partial charge in [0.15, 0.2) is 11.5 Å². The highest BCUT2D eigenvalue weighted by atomic mass is 35.5. The Hall–Kier alpha value is -5.24. The molecule has 0 unspecified atom stereocenters. The van der Waals surface area contributed by atoms with Crippen molar-refractivity contribution in [2.24, 2.45) is 0 Å². The summed E-state index contributed by atoms with van der Waals surface area (Å²) in [5, 5.41) is 15.5. The summed E-state index contributed by atoms with van der Waals surface area (Å²) >= 11 is 8.04. The van der Waals surface area contributed by atoms with Crippen molar-refractivity contribution in [3.05, 3.63) is 98.2 Å². The van der Waals surface area contributed by atoms with Crippen molar-refractivity contribution in [1.82, 2.24) is 19.8 Å². The maximum Gasteiger partial charge on any atom is 0.415 e. The predicted molar refractivity (Wildman–Crippen MR) is 198 cm³/mol. The lowest BCUT2D eigenvalue weighted by atomic mass is 9.97. The Morgan fingerprint density at radius 2 is 1.69 bits per heavy atom. The van der Waals surface area contributed by atoms with Crippen LogP contribution in [0.25, 0.3) is 31.9 Å². The first-order chi connectivity index (χ1) is 24.6. The quantitative estimate of drug-likeness (QED) is 0.0765. The Morgan fingerprint density at radius 1 is 0.980 bits per heavy atom. The number of alkyl halides is 1. The van der Waals surface area contributed by atoms with Gasteiger partial charge in [-0.25, -0.2) is 4.79 Å². The van der Waals surface area contributed by atoms with Crippen LogP contribution in [0.5, 0.6) is 5.75 Å². The Labute approximate surface area is 300 Å². The molecule has 14 heteroatoms. The third-order valence-corrected chi connectivity index (χ3v) is 11.4. The number of Topliss-reactive ketones (excluding diaryl/α,β-unsaturated/α-hetero) is 1. The number of benzene rings is 3. The molecule has 12 nitrogen and oxygen atoms in total. The second kappa shape index (κ2) is 12.8. The topological polar surface area (TPSA) is 145 Å². The van der Waals surface area contributed by atoms with Crippen molar-refractivity contribution >= 4 is 84.0 Å². The van der Waals surface area contributed by atoms with E-state index in [1.165, 1.54) is 23.5 Å². The van der Waals surface area contributed by atoms with Crippen LogP contribution in [-0.2, 0) is 6.42 Å². The van der Waals surface area contributed by atoms with Crippen molar-refractivity contribution in [2.45, 2.75) is 19.3 Å². The van der Waals surface area contributed by atoms with Crippen LogP contribution < -0.4 is 9.64 Å². The van der Waals surface area contributed by atoms with E-state index in [0.717, 1.165) is 50.8 Å². The smallest absolute Gasteiger partial charge is 0.409 e. The van der Waals surface area contributed by atoms with Crippen LogP contribution in [0.3, 0.4) is 0 Å². The number of nitro groups is 1. The second-order valence-electron chi connectivity index (χ2n) is 13.3. The third kappa shape index (κ3) is 5.90. The van der Waals surface area contributed by atoms with E-state index in [1.54, 1.807) is 34.1 Å². The number of thiophene rings is 1. The summed E-state index contributed by atoms with van der Waals surface area (Å²) in [4.78, 5) is 63.3. The van der Waals surface area contributed by atoms with Gasteiger partial charge in [-0.05, 0) is 66.4 Å². The number of halogens is 1. The first-order valence-corrected chi connectivity index (χ1v) is 18.0. The fourth-order valence-electron chi connectivity index (χ4n) is 7.16. The number of aromatic nitrogens is 2. The zero-order valence-electron chi connectivity index (χ0n) is 27.8. The van der Waals surface area contributed by atoms with E-state index in [0.29, 0.717) is 59.2 Å². The molecular weight excluding hydrogens is 692 g/mol. The Kier molecular flexibility index (Phi) is 8.28. The van der Waals surface area contributed by atoms with E-state index in [4.69, 9.17) is 16.3 Å². The number of hydrogen-bond acceptors (Lipinski definition) is 8. The van der Waals surface area contributed by atoms with Gasteiger partial charge in [0.05, 0.1) is 21.0 Å². The first kappa shape index (κ1) is 32.9. The number of likely N-dealkylation sites (N-methyl/N-ethyl adjacent to an activating group) is 1. The van der Waals surface area contributed by atoms with Gasteiger partial charge in [0, 0.05) is 96.3 Å². The van der Waals surface area contributed by atoms with Crippen molar-refractivity contribution in [2.75, 3.05) is 50.6 Å². The molecule has 8 rings (SSSR count). The van der Waals surface area contributed by atoms with Crippen LogP contribution in [0, 0.1) is 17.0 Å². The van der Waals surface area contributed by atoms with Gasteiger partial charge in [-0.15, -0.1) is 22.9 Å². The largest absolute Gasteiger partial charge is 0.415 e. The highest BCUT2D eigenvalue weighted by molar-refractivity contribution is 7.17. The van der Waals surface area contributed by atoms with Gasteiger partial charge in [-0.2, -0.15) is 0 Å². The number of nitrogens with zero attached hydrogens (tertiary/aromatic N) is 4. The molecule has 0 bridgehead atoms. The number of H-pyrrole nitrogens is 2. The number of carbonyl (C=O) groups excluding carboxylic acids is 3. The van der Waals surface area contributed by atoms with Crippen LogP contribution in [0.2, 0.25) is 0 Å². The SMILES string of the molecule is Cc1csc2c(OC(=O)N3CCN(C)CC3)cc3c(c12)[C@@H](CCl)CN3C(=O)c1cc2cc(CC(=O)c3cc4cc([N+](=O)[O-])ccc4[nH]3)ccc2[nH]1. The molecule has 1 atom stereocenters. The molecule has 2 N–H and O–H groups in total. The number of piperazine rings is 1. The number of amides is 2. The molecule has 3 aromatic carbocycles. The number of aromatic amines is 2. The number of aryl methyl sites for hydroxylation is 1. The normalized spacial score (nSPS) is 16.3. The average Bonchev–Trinajstić information content (AvgIpc) is 3.91. The molecule has 1 fully saturated rings. The van der Waals surface area contributed by atoms with Gasteiger partial charge in [0.1, 0.15) is 5.69 Å². The maximum absolute atomic E-state index is 14.2. The van der Waals surface area contributed by atoms with Gasteiger partial charge in [-0.3, -0.25) is 19.7 Å². The van der Waals surface area contributed by atoms with Crippen molar-refractivity contribution in [3.8, 4) is 5.75 Å². The lowest BCUT2D eigenvalue weighted by Crippen LogP contribution is -2.48. The number of fused-ring (bicyclic) bond motifs is 5. The average molecular weight is 725 g/mol. The van der Waals surface area contributed by atoms with E-state index in [2.05, 4.69) is 14.9 Å². The standard InChI is InChI=1S/C37H33ClN6O6S/c1-20-19-51-35-32(50-37(47)42-9-7-41(2)8-10-42)16-30-34(33(20)35)24(17-38)18-43(30)36(46)29-15-22-11-21(3-5-26(22)40-29)12-31(45)28-14-23-13-25(44(48)49)4-6-27(23)39-28/h3-6,11,13-16,19,24,39-40H,7-10,12,17-18H2,1-2H3/t24-/m0/s1. The minimum absolute atomic E-state index is 0.0423. The minimum atomic E-state index is -0.467. The monoisotopic (exact) mass is 724 g/mol. The number of ketones is 1. The predicted octanol–water partition coefficient (Wildman–Crippen LogP) is 7.23. The van der Waals surface area contributed by atoms with E-state index in [9.17, 15) is 24.5 Å². The van der Waals surface area contributed by atoms with Crippen LogP contribution >= 0.6 is 22.9 Å². The van der Waals surface area contributed by atoms with Gasteiger partial charge in [0.25, 0.3) is 11.6 Å². The van der Waals surface area contributed by atoms with Crippen LogP contribution in [0.15, 0.2) is 60.0 Å². The summed E-state index contributed by atoms with van der Waals surface area (Å²) in [5.41, 5.74) is 5.53. The van der Waals surface area contributed by atoms with E-state index < -0.39 is 11.0 Å². The molecule has 2 aliphatic heterocycles. The fraction of sp³-hybridized carbons (Fsp3) is 0.270. The molecule has 0 radical (unpaired) electrons. The number of ether oxygens (including phenoxy) is 1. The summed E-state index contributed by atoms with van der Waals surface area (Å²) in [5.74, 6) is 0.229. The van der Waals surface area contributed by atoms with Gasteiger partial charge in [-0.1, -0.05) is 6.07 Å². The fourth-order valence-corrected chi connectivity index (χ4v) is 8.43. The van der Waals surface area contributed by atoms with Crippen LogP contribution in [0.4, 0.5) is 16.2 Å². The highest BCUT2D eigenvalue weighted by Crippen LogP contribution is 2.49. The van der Waals surface area contributed by atoms with E-state index >= 15 is 0 Å². The Morgan fingerprint density at radius 3 is 2.43 bits per heavy atom. The van der Waals surface area contributed by atoms with Gasteiger partial charge in [0.2, 0.25) is 0 Å². The zero-order valence-corrected chi connectivity index (χ0v) is 29.4.